The van der Waals surface area contributed by atoms with Crippen molar-refractivity contribution in [3.05, 3.63) is 35.4 Å². The second kappa shape index (κ2) is 7.04. The van der Waals surface area contributed by atoms with Crippen molar-refractivity contribution < 1.29 is 4.74 Å². The molecule has 1 aliphatic rings. The molecule has 0 radical (unpaired) electrons. The van der Waals surface area contributed by atoms with Crippen LogP contribution in [-0.2, 0) is 17.9 Å². The van der Waals surface area contributed by atoms with Crippen molar-refractivity contribution >= 4 is 11.8 Å². The zero-order valence-electron chi connectivity index (χ0n) is 10.4. The minimum atomic E-state index is 0.695. The van der Waals surface area contributed by atoms with Crippen LogP contribution in [0.15, 0.2) is 24.3 Å². The molecule has 0 bridgehead atoms. The molecule has 2 nitrogen and oxygen atoms in total. The van der Waals surface area contributed by atoms with Gasteiger partial charge in [0.05, 0.1) is 6.61 Å². The van der Waals surface area contributed by atoms with Crippen molar-refractivity contribution in [3.8, 4) is 0 Å². The lowest BCUT2D eigenvalue weighted by Gasteiger charge is -2.14. The Morgan fingerprint density at radius 1 is 1.35 bits per heavy atom. The van der Waals surface area contributed by atoms with Crippen LogP contribution in [0.4, 0.5) is 0 Å². The van der Waals surface area contributed by atoms with E-state index in [1.54, 1.807) is 0 Å². The number of rotatable bonds is 6. The molecule has 2 rings (SSSR count). The maximum absolute atomic E-state index is 5.50. The van der Waals surface area contributed by atoms with Gasteiger partial charge in [-0.2, -0.15) is 11.8 Å². The molecular weight excluding hydrogens is 230 g/mol. The van der Waals surface area contributed by atoms with Gasteiger partial charge in [0, 0.05) is 24.9 Å². The lowest BCUT2D eigenvalue weighted by molar-refractivity contribution is 0.133. The highest BCUT2D eigenvalue weighted by atomic mass is 32.2. The fourth-order valence-corrected chi connectivity index (χ4v) is 3.22. The maximum atomic E-state index is 5.50. The highest BCUT2D eigenvalue weighted by Gasteiger charge is 2.14. The highest BCUT2D eigenvalue weighted by molar-refractivity contribution is 7.99. The molecule has 1 heterocycles. The minimum Gasteiger partial charge on any atom is -0.377 e. The zero-order valence-corrected chi connectivity index (χ0v) is 11.3. The molecular formula is C14H21NOS. The summed E-state index contributed by atoms with van der Waals surface area (Å²) in [6.07, 6.45) is 1.30. The Balaban J connectivity index is 1.89. The minimum absolute atomic E-state index is 0.695. The standard InChI is InChI=1S/C14H21NOS/c1-2-16-10-13-6-4-3-5-12(13)9-15-14-7-8-17-11-14/h3-6,14-15H,2,7-11H2,1H3. The molecule has 1 aromatic carbocycles. The molecule has 1 saturated heterocycles. The number of hydrogen-bond donors (Lipinski definition) is 1. The van der Waals surface area contributed by atoms with Gasteiger partial charge >= 0.3 is 0 Å². The molecule has 0 amide bonds. The summed E-state index contributed by atoms with van der Waals surface area (Å²) in [7, 11) is 0. The summed E-state index contributed by atoms with van der Waals surface area (Å²) in [5.41, 5.74) is 2.69. The van der Waals surface area contributed by atoms with E-state index in [2.05, 4.69) is 29.6 Å². The number of nitrogens with one attached hydrogen (secondary N) is 1. The first-order valence-electron chi connectivity index (χ1n) is 6.35. The van der Waals surface area contributed by atoms with Gasteiger partial charge in [0.25, 0.3) is 0 Å². The highest BCUT2D eigenvalue weighted by Crippen LogP contribution is 2.18. The van der Waals surface area contributed by atoms with Gasteiger partial charge in [-0.1, -0.05) is 24.3 Å². The largest absolute Gasteiger partial charge is 0.377 e. The molecule has 94 valence electrons. The molecule has 1 unspecified atom stereocenters. The van der Waals surface area contributed by atoms with Crippen molar-refractivity contribution in [2.75, 3.05) is 18.1 Å². The predicted octanol–water partition coefficient (Wildman–Crippen LogP) is 2.82. The summed E-state index contributed by atoms with van der Waals surface area (Å²) >= 11 is 2.05. The fraction of sp³-hybridized carbons (Fsp3) is 0.571. The topological polar surface area (TPSA) is 21.3 Å². The molecule has 1 aliphatic heterocycles. The van der Waals surface area contributed by atoms with Gasteiger partial charge in [-0.05, 0) is 30.2 Å². The van der Waals surface area contributed by atoms with Gasteiger partial charge in [0.15, 0.2) is 0 Å². The van der Waals surface area contributed by atoms with Crippen molar-refractivity contribution in [1.82, 2.24) is 5.32 Å². The maximum Gasteiger partial charge on any atom is 0.0719 e. The zero-order chi connectivity index (χ0) is 11.9. The molecule has 0 aromatic heterocycles. The first-order chi connectivity index (χ1) is 8.40. The Labute approximate surface area is 108 Å². The van der Waals surface area contributed by atoms with Crippen molar-refractivity contribution in [2.45, 2.75) is 32.5 Å². The van der Waals surface area contributed by atoms with Gasteiger partial charge in [0.2, 0.25) is 0 Å². The average molecular weight is 251 g/mol. The summed E-state index contributed by atoms with van der Waals surface area (Å²) in [5.74, 6) is 2.56. The van der Waals surface area contributed by atoms with E-state index in [4.69, 9.17) is 4.74 Å². The molecule has 0 saturated carbocycles. The number of benzene rings is 1. The Morgan fingerprint density at radius 3 is 2.88 bits per heavy atom. The number of hydrogen-bond acceptors (Lipinski definition) is 3. The van der Waals surface area contributed by atoms with Crippen LogP contribution >= 0.6 is 11.8 Å². The SMILES string of the molecule is CCOCc1ccccc1CNC1CCSC1. The first kappa shape index (κ1) is 12.9. The van der Waals surface area contributed by atoms with Gasteiger partial charge in [0.1, 0.15) is 0 Å². The van der Waals surface area contributed by atoms with Crippen molar-refractivity contribution in [2.24, 2.45) is 0 Å². The van der Waals surface area contributed by atoms with E-state index in [1.165, 1.54) is 29.1 Å². The molecule has 1 atom stereocenters. The Morgan fingerprint density at radius 2 is 2.18 bits per heavy atom. The van der Waals surface area contributed by atoms with Crippen LogP contribution in [0.1, 0.15) is 24.5 Å². The first-order valence-corrected chi connectivity index (χ1v) is 7.51. The number of thioether (sulfide) groups is 1. The summed E-state index contributed by atoms with van der Waals surface area (Å²) < 4.78 is 5.50. The van der Waals surface area contributed by atoms with Crippen LogP contribution in [-0.4, -0.2) is 24.2 Å². The molecule has 1 fully saturated rings. The monoisotopic (exact) mass is 251 g/mol. The summed E-state index contributed by atoms with van der Waals surface area (Å²) in [5, 5.41) is 3.64. The van der Waals surface area contributed by atoms with Crippen molar-refractivity contribution in [1.29, 1.82) is 0 Å². The van der Waals surface area contributed by atoms with Gasteiger partial charge < -0.3 is 10.1 Å². The normalized spacial score (nSPS) is 19.7. The van der Waals surface area contributed by atoms with E-state index < -0.39 is 0 Å². The van der Waals surface area contributed by atoms with E-state index in [0.29, 0.717) is 6.04 Å². The lowest BCUT2D eigenvalue weighted by Crippen LogP contribution is -2.28. The summed E-state index contributed by atoms with van der Waals surface area (Å²) in [6, 6.07) is 9.25. The quantitative estimate of drug-likeness (QED) is 0.840. The second-order valence-corrected chi connectivity index (χ2v) is 5.50. The van der Waals surface area contributed by atoms with Crippen LogP contribution in [0.2, 0.25) is 0 Å². The van der Waals surface area contributed by atoms with Gasteiger partial charge in [-0.3, -0.25) is 0 Å². The Bertz CT molecular complexity index is 337. The fourth-order valence-electron chi connectivity index (χ4n) is 2.03. The van der Waals surface area contributed by atoms with Crippen LogP contribution in [0.3, 0.4) is 0 Å². The van der Waals surface area contributed by atoms with Gasteiger partial charge in [-0.15, -0.1) is 0 Å². The third-order valence-corrected chi connectivity index (χ3v) is 4.25. The van der Waals surface area contributed by atoms with E-state index in [1.807, 2.05) is 18.7 Å². The molecule has 3 heteroatoms. The summed E-state index contributed by atoms with van der Waals surface area (Å²) in [6.45, 7) is 4.51. The predicted molar refractivity (Wildman–Crippen MR) is 74.3 cm³/mol. The van der Waals surface area contributed by atoms with E-state index in [0.717, 1.165) is 19.8 Å². The van der Waals surface area contributed by atoms with Gasteiger partial charge in [-0.25, -0.2) is 0 Å². The molecule has 0 aliphatic carbocycles. The molecule has 1 aromatic rings. The average Bonchev–Trinajstić information content (AvgIpc) is 2.88. The number of ether oxygens (including phenoxy) is 1. The smallest absolute Gasteiger partial charge is 0.0719 e. The van der Waals surface area contributed by atoms with Crippen molar-refractivity contribution in [3.63, 3.8) is 0 Å². The molecule has 17 heavy (non-hydrogen) atoms. The van der Waals surface area contributed by atoms with E-state index >= 15 is 0 Å². The van der Waals surface area contributed by atoms with Crippen LogP contribution in [0, 0.1) is 0 Å². The Hall–Kier alpha value is -0.510. The van der Waals surface area contributed by atoms with E-state index in [9.17, 15) is 0 Å². The second-order valence-electron chi connectivity index (χ2n) is 4.35. The molecule has 1 N–H and O–H groups in total. The van der Waals surface area contributed by atoms with E-state index in [-0.39, 0.29) is 0 Å². The lowest BCUT2D eigenvalue weighted by atomic mass is 10.1. The third-order valence-electron chi connectivity index (χ3n) is 3.09. The summed E-state index contributed by atoms with van der Waals surface area (Å²) in [4.78, 5) is 0. The Kier molecular flexibility index (Phi) is 5.36. The van der Waals surface area contributed by atoms with Crippen LogP contribution in [0.5, 0.6) is 0 Å². The van der Waals surface area contributed by atoms with Crippen LogP contribution in [0.25, 0.3) is 0 Å². The third kappa shape index (κ3) is 4.02. The molecule has 0 spiro atoms. The van der Waals surface area contributed by atoms with Crippen LogP contribution < -0.4 is 5.32 Å².